The molecule has 3 heteroatoms. The van der Waals surface area contributed by atoms with Gasteiger partial charge in [-0.3, -0.25) is 4.79 Å². The van der Waals surface area contributed by atoms with Gasteiger partial charge in [-0.15, -0.1) is 0 Å². The van der Waals surface area contributed by atoms with Gasteiger partial charge in [-0.2, -0.15) is 0 Å². The molecule has 1 aliphatic rings. The number of fused-ring (bicyclic) bond motifs is 1. The summed E-state index contributed by atoms with van der Waals surface area (Å²) in [5.74, 6) is 0.792. The number of aryl methyl sites for hydroxylation is 2. The van der Waals surface area contributed by atoms with Gasteiger partial charge in [-0.05, 0) is 43.7 Å². The fourth-order valence-electron chi connectivity index (χ4n) is 2.73. The maximum absolute atomic E-state index is 12.1. The molecule has 0 bridgehead atoms. The first-order valence-corrected chi connectivity index (χ1v) is 6.89. The van der Waals surface area contributed by atoms with Crippen LogP contribution in [-0.2, 0) is 19.3 Å². The Morgan fingerprint density at radius 3 is 2.84 bits per heavy atom. The van der Waals surface area contributed by atoms with Crippen molar-refractivity contribution in [1.29, 1.82) is 0 Å². The Labute approximate surface area is 112 Å². The first-order valence-electron chi connectivity index (χ1n) is 6.89. The zero-order valence-corrected chi connectivity index (χ0v) is 11.2. The Morgan fingerprint density at radius 2 is 2.00 bits per heavy atom. The number of aromatic amines is 1. The van der Waals surface area contributed by atoms with E-state index >= 15 is 0 Å². The average molecular weight is 254 g/mol. The van der Waals surface area contributed by atoms with Gasteiger partial charge in [-0.1, -0.05) is 24.3 Å². The molecule has 1 N–H and O–H groups in total. The lowest BCUT2D eigenvalue weighted by Gasteiger charge is -2.14. The summed E-state index contributed by atoms with van der Waals surface area (Å²) in [5.41, 5.74) is 4.44. The molecule has 0 fully saturated rings. The lowest BCUT2D eigenvalue weighted by Crippen LogP contribution is -2.23. The average Bonchev–Trinajstić information content (AvgIpc) is 2.42. The van der Waals surface area contributed by atoms with Gasteiger partial charge < -0.3 is 4.98 Å². The smallest absolute Gasteiger partial charge is 0.254 e. The highest BCUT2D eigenvalue weighted by atomic mass is 16.1. The van der Waals surface area contributed by atoms with E-state index < -0.39 is 0 Å². The normalized spacial score (nSPS) is 14.2. The minimum atomic E-state index is 0.0632. The summed E-state index contributed by atoms with van der Waals surface area (Å²) in [6.07, 6.45) is 4.78. The molecule has 0 radical (unpaired) electrons. The maximum Gasteiger partial charge on any atom is 0.254 e. The molecular weight excluding hydrogens is 236 g/mol. The van der Waals surface area contributed by atoms with E-state index in [-0.39, 0.29) is 5.56 Å². The molecule has 2 aromatic rings. The van der Waals surface area contributed by atoms with E-state index in [1.165, 1.54) is 11.1 Å². The molecule has 0 unspecified atom stereocenters. The summed E-state index contributed by atoms with van der Waals surface area (Å²) < 4.78 is 0. The lowest BCUT2D eigenvalue weighted by molar-refractivity contribution is 0.648. The Morgan fingerprint density at radius 1 is 1.21 bits per heavy atom. The zero-order valence-electron chi connectivity index (χ0n) is 11.2. The summed E-state index contributed by atoms with van der Waals surface area (Å²) in [7, 11) is 0. The third-order valence-corrected chi connectivity index (χ3v) is 3.86. The van der Waals surface area contributed by atoms with Crippen LogP contribution in [0, 0.1) is 6.92 Å². The van der Waals surface area contributed by atoms with Crippen molar-refractivity contribution in [1.82, 2.24) is 9.97 Å². The van der Waals surface area contributed by atoms with Crippen molar-refractivity contribution in [3.05, 3.63) is 62.8 Å². The SMILES string of the molecule is Cc1ccccc1Cc1nc2c(c(=O)[nH]1)CCCC2. The molecule has 0 spiro atoms. The molecule has 3 nitrogen and oxygen atoms in total. The number of aromatic nitrogens is 2. The highest BCUT2D eigenvalue weighted by Crippen LogP contribution is 2.17. The number of rotatable bonds is 2. The Hall–Kier alpha value is -1.90. The third-order valence-electron chi connectivity index (χ3n) is 3.86. The fraction of sp³-hybridized carbons (Fsp3) is 0.375. The van der Waals surface area contributed by atoms with Crippen LogP contribution in [0.3, 0.4) is 0 Å². The number of benzene rings is 1. The molecule has 98 valence electrons. The summed E-state index contributed by atoms with van der Waals surface area (Å²) >= 11 is 0. The van der Waals surface area contributed by atoms with E-state index in [1.54, 1.807) is 0 Å². The number of hydrogen-bond acceptors (Lipinski definition) is 2. The second kappa shape index (κ2) is 5.00. The van der Waals surface area contributed by atoms with E-state index in [9.17, 15) is 4.79 Å². The van der Waals surface area contributed by atoms with E-state index in [4.69, 9.17) is 0 Å². The van der Waals surface area contributed by atoms with Crippen LogP contribution in [0.5, 0.6) is 0 Å². The first-order chi connectivity index (χ1) is 9.24. The minimum absolute atomic E-state index is 0.0632. The van der Waals surface area contributed by atoms with Crippen molar-refractivity contribution in [3.8, 4) is 0 Å². The monoisotopic (exact) mass is 254 g/mol. The molecule has 0 atom stereocenters. The third kappa shape index (κ3) is 2.46. The van der Waals surface area contributed by atoms with Crippen molar-refractivity contribution in [3.63, 3.8) is 0 Å². The van der Waals surface area contributed by atoms with Crippen molar-refractivity contribution in [2.45, 2.75) is 39.0 Å². The van der Waals surface area contributed by atoms with Crippen LogP contribution in [0.2, 0.25) is 0 Å². The maximum atomic E-state index is 12.1. The summed E-state index contributed by atoms with van der Waals surface area (Å²) in [5, 5.41) is 0. The number of hydrogen-bond donors (Lipinski definition) is 1. The topological polar surface area (TPSA) is 45.8 Å². The van der Waals surface area contributed by atoms with Gasteiger partial charge >= 0.3 is 0 Å². The van der Waals surface area contributed by atoms with Crippen molar-refractivity contribution >= 4 is 0 Å². The van der Waals surface area contributed by atoms with Gasteiger partial charge in [0, 0.05) is 12.0 Å². The van der Waals surface area contributed by atoms with E-state index in [0.29, 0.717) is 6.42 Å². The second-order valence-corrected chi connectivity index (χ2v) is 5.25. The second-order valence-electron chi connectivity index (χ2n) is 5.25. The van der Waals surface area contributed by atoms with E-state index in [2.05, 4.69) is 29.0 Å². The first kappa shape index (κ1) is 12.2. The van der Waals surface area contributed by atoms with E-state index in [1.807, 2.05) is 12.1 Å². The van der Waals surface area contributed by atoms with Crippen molar-refractivity contribution in [2.24, 2.45) is 0 Å². The van der Waals surface area contributed by atoms with Crippen molar-refractivity contribution in [2.75, 3.05) is 0 Å². The van der Waals surface area contributed by atoms with Gasteiger partial charge in [0.1, 0.15) is 5.82 Å². The molecule has 1 aromatic heterocycles. The number of nitrogens with one attached hydrogen (secondary N) is 1. The predicted octanol–water partition coefficient (Wildman–Crippen LogP) is 2.55. The zero-order chi connectivity index (χ0) is 13.2. The van der Waals surface area contributed by atoms with Gasteiger partial charge in [0.15, 0.2) is 0 Å². The molecule has 1 heterocycles. The molecule has 0 saturated heterocycles. The summed E-state index contributed by atoms with van der Waals surface area (Å²) in [6.45, 7) is 2.09. The molecule has 1 aromatic carbocycles. The van der Waals surface area contributed by atoms with Crippen LogP contribution in [0.1, 0.15) is 41.1 Å². The molecule has 3 rings (SSSR count). The van der Waals surface area contributed by atoms with Gasteiger partial charge in [-0.25, -0.2) is 4.98 Å². The molecule has 0 amide bonds. The van der Waals surface area contributed by atoms with Gasteiger partial charge in [0.2, 0.25) is 0 Å². The highest BCUT2D eigenvalue weighted by Gasteiger charge is 2.15. The number of H-pyrrole nitrogens is 1. The molecular formula is C16H18N2O. The molecule has 1 aliphatic carbocycles. The van der Waals surface area contributed by atoms with E-state index in [0.717, 1.165) is 42.8 Å². The van der Waals surface area contributed by atoms with Crippen LogP contribution in [0.25, 0.3) is 0 Å². The molecule has 0 aliphatic heterocycles. The molecule has 0 saturated carbocycles. The van der Waals surface area contributed by atoms with Crippen LogP contribution >= 0.6 is 0 Å². The molecule has 19 heavy (non-hydrogen) atoms. The predicted molar refractivity (Wildman–Crippen MR) is 75.5 cm³/mol. The number of nitrogens with zero attached hydrogens (tertiary/aromatic N) is 1. The standard InChI is InChI=1S/C16H18N2O/c1-11-6-2-3-7-12(11)10-15-17-14-9-5-4-8-13(14)16(19)18-15/h2-3,6-7H,4-5,8-10H2,1H3,(H,17,18,19). The Bertz CT molecular complexity index is 658. The highest BCUT2D eigenvalue weighted by molar-refractivity contribution is 5.29. The van der Waals surface area contributed by atoms with Crippen molar-refractivity contribution < 1.29 is 0 Å². The fourth-order valence-corrected chi connectivity index (χ4v) is 2.73. The summed E-state index contributed by atoms with van der Waals surface area (Å²) in [6, 6.07) is 8.24. The Kier molecular flexibility index (Phi) is 3.20. The van der Waals surface area contributed by atoms with Gasteiger partial charge in [0.05, 0.1) is 5.69 Å². The van der Waals surface area contributed by atoms with Gasteiger partial charge in [0.25, 0.3) is 5.56 Å². The Balaban J connectivity index is 1.96. The van der Waals surface area contributed by atoms with Crippen LogP contribution in [0.15, 0.2) is 29.1 Å². The van der Waals surface area contributed by atoms with Crippen LogP contribution < -0.4 is 5.56 Å². The minimum Gasteiger partial charge on any atom is -0.310 e. The summed E-state index contributed by atoms with van der Waals surface area (Å²) in [4.78, 5) is 19.7. The quantitative estimate of drug-likeness (QED) is 0.895. The largest absolute Gasteiger partial charge is 0.310 e. The van der Waals surface area contributed by atoms with Crippen LogP contribution in [0.4, 0.5) is 0 Å². The lowest BCUT2D eigenvalue weighted by atomic mass is 9.97. The van der Waals surface area contributed by atoms with Crippen LogP contribution in [-0.4, -0.2) is 9.97 Å².